The van der Waals surface area contributed by atoms with E-state index in [4.69, 9.17) is 21.1 Å². The van der Waals surface area contributed by atoms with Crippen molar-refractivity contribution in [2.75, 3.05) is 24.4 Å². The van der Waals surface area contributed by atoms with Gasteiger partial charge < -0.3 is 20.1 Å². The zero-order chi connectivity index (χ0) is 25.1. The molecule has 0 saturated heterocycles. The number of aryl methyl sites for hydroxylation is 1. The van der Waals surface area contributed by atoms with Crippen LogP contribution in [0.15, 0.2) is 47.1 Å². The second-order valence-electron chi connectivity index (χ2n) is 8.64. The average molecular weight is 498 g/mol. The molecule has 2 N–H and O–H groups in total. The van der Waals surface area contributed by atoms with Crippen molar-refractivity contribution >= 4 is 40.7 Å². The van der Waals surface area contributed by atoms with Crippen LogP contribution in [0, 0.1) is 6.92 Å². The van der Waals surface area contributed by atoms with E-state index in [1.165, 1.54) is 20.6 Å². The van der Waals surface area contributed by atoms with Gasteiger partial charge in [-0.15, -0.1) is 0 Å². The molecule has 1 aliphatic carbocycles. The molecule has 1 fully saturated rings. The van der Waals surface area contributed by atoms with E-state index in [1.54, 1.807) is 36.4 Å². The number of anilines is 2. The Balaban J connectivity index is 1.57. The van der Waals surface area contributed by atoms with Gasteiger partial charge in [-0.2, -0.15) is 0 Å². The van der Waals surface area contributed by atoms with Crippen molar-refractivity contribution in [2.24, 2.45) is 0 Å². The first-order chi connectivity index (χ1) is 16.8. The molecule has 1 saturated carbocycles. The van der Waals surface area contributed by atoms with Crippen LogP contribution >= 0.6 is 11.6 Å². The number of halogens is 1. The summed E-state index contributed by atoms with van der Waals surface area (Å²) < 4.78 is 10.5. The topological polar surface area (TPSA) is 97.0 Å². The summed E-state index contributed by atoms with van der Waals surface area (Å²) >= 11 is 6.32. The van der Waals surface area contributed by atoms with Crippen LogP contribution < -0.4 is 25.0 Å². The zero-order valence-corrected chi connectivity index (χ0v) is 20.7. The molecule has 1 heterocycles. The summed E-state index contributed by atoms with van der Waals surface area (Å²) in [4.78, 5) is 40.0. The molecule has 2 aromatic carbocycles. The highest BCUT2D eigenvalue weighted by Crippen LogP contribution is 2.38. The van der Waals surface area contributed by atoms with Crippen LogP contribution in [0.4, 0.5) is 11.4 Å². The van der Waals surface area contributed by atoms with Gasteiger partial charge in [0.15, 0.2) is 0 Å². The van der Waals surface area contributed by atoms with Crippen molar-refractivity contribution in [3.05, 3.63) is 58.3 Å². The molecule has 2 aliphatic rings. The van der Waals surface area contributed by atoms with Gasteiger partial charge in [0.1, 0.15) is 22.2 Å². The SMILES string of the molecule is COc1ccc(N2C(=O)C(Cl)=C(Nc3cc(C(=O)NC4CCCCC4)ccc3C)C2=O)c(OC)c1. The van der Waals surface area contributed by atoms with E-state index in [0.29, 0.717) is 17.0 Å². The smallest absolute Gasteiger partial charge is 0.283 e. The highest BCUT2D eigenvalue weighted by molar-refractivity contribution is 6.53. The summed E-state index contributed by atoms with van der Waals surface area (Å²) in [7, 11) is 2.94. The van der Waals surface area contributed by atoms with E-state index < -0.39 is 11.8 Å². The normalized spacial score (nSPS) is 16.5. The molecular formula is C26H28ClN3O5. The maximum Gasteiger partial charge on any atom is 0.283 e. The predicted octanol–water partition coefficient (Wildman–Crippen LogP) is 4.51. The molecule has 1 aliphatic heterocycles. The number of ether oxygens (including phenoxy) is 2. The molecule has 0 unspecified atom stereocenters. The van der Waals surface area contributed by atoms with Crippen molar-refractivity contribution < 1.29 is 23.9 Å². The Labute approximate surface area is 209 Å². The van der Waals surface area contributed by atoms with Crippen molar-refractivity contribution in [3.8, 4) is 11.5 Å². The van der Waals surface area contributed by atoms with Gasteiger partial charge in [-0.3, -0.25) is 14.4 Å². The first-order valence-electron chi connectivity index (χ1n) is 11.5. The predicted molar refractivity (Wildman–Crippen MR) is 134 cm³/mol. The lowest BCUT2D eigenvalue weighted by Crippen LogP contribution is -2.36. The number of rotatable bonds is 7. The molecule has 0 aromatic heterocycles. The number of hydrogen-bond donors (Lipinski definition) is 2. The number of benzene rings is 2. The molecule has 184 valence electrons. The van der Waals surface area contributed by atoms with Crippen LogP contribution in [0.3, 0.4) is 0 Å². The van der Waals surface area contributed by atoms with Gasteiger partial charge >= 0.3 is 0 Å². The van der Waals surface area contributed by atoms with E-state index in [-0.39, 0.29) is 34.1 Å². The number of imide groups is 1. The lowest BCUT2D eigenvalue weighted by Gasteiger charge is -2.23. The number of carbonyl (C=O) groups is 3. The maximum atomic E-state index is 13.3. The summed E-state index contributed by atoms with van der Waals surface area (Å²) in [6, 6.07) is 10.1. The molecule has 0 radical (unpaired) electrons. The third-order valence-corrected chi connectivity index (χ3v) is 6.71. The third-order valence-electron chi connectivity index (χ3n) is 6.35. The van der Waals surface area contributed by atoms with Crippen molar-refractivity contribution in [2.45, 2.75) is 45.1 Å². The van der Waals surface area contributed by atoms with Gasteiger partial charge in [0.2, 0.25) is 0 Å². The molecule has 4 rings (SSSR count). The van der Waals surface area contributed by atoms with Gasteiger partial charge in [0.05, 0.1) is 19.9 Å². The van der Waals surface area contributed by atoms with Crippen LogP contribution in [-0.2, 0) is 9.59 Å². The summed E-state index contributed by atoms with van der Waals surface area (Å²) in [5.74, 6) is -0.666. The Morgan fingerprint density at radius 1 is 1.00 bits per heavy atom. The van der Waals surface area contributed by atoms with Crippen molar-refractivity contribution in [1.82, 2.24) is 5.32 Å². The fraction of sp³-hybridized carbons (Fsp3) is 0.346. The second-order valence-corrected chi connectivity index (χ2v) is 9.01. The molecule has 35 heavy (non-hydrogen) atoms. The zero-order valence-electron chi connectivity index (χ0n) is 19.9. The van der Waals surface area contributed by atoms with E-state index in [9.17, 15) is 14.4 Å². The van der Waals surface area contributed by atoms with Crippen LogP contribution in [0.1, 0.15) is 48.0 Å². The molecule has 2 aromatic rings. The number of carbonyl (C=O) groups excluding carboxylic acids is 3. The Morgan fingerprint density at radius 3 is 2.43 bits per heavy atom. The molecule has 0 spiro atoms. The summed E-state index contributed by atoms with van der Waals surface area (Å²) in [5.41, 5.74) is 1.94. The van der Waals surface area contributed by atoms with Crippen LogP contribution in [0.2, 0.25) is 0 Å². The quantitative estimate of drug-likeness (QED) is 0.546. The number of nitrogens with zero attached hydrogens (tertiary/aromatic N) is 1. The van der Waals surface area contributed by atoms with E-state index in [2.05, 4.69) is 10.6 Å². The maximum absolute atomic E-state index is 13.3. The van der Waals surface area contributed by atoms with Crippen molar-refractivity contribution in [3.63, 3.8) is 0 Å². The Hall–Kier alpha value is -3.52. The Morgan fingerprint density at radius 2 is 1.74 bits per heavy atom. The molecule has 8 nitrogen and oxygen atoms in total. The summed E-state index contributed by atoms with van der Waals surface area (Å²) in [5, 5.41) is 5.83. The minimum absolute atomic E-state index is 0.0672. The lowest BCUT2D eigenvalue weighted by molar-refractivity contribution is -0.120. The fourth-order valence-electron chi connectivity index (χ4n) is 4.35. The second kappa shape index (κ2) is 10.4. The molecule has 3 amide bonds. The highest BCUT2D eigenvalue weighted by Gasteiger charge is 2.40. The number of hydrogen-bond acceptors (Lipinski definition) is 6. The average Bonchev–Trinajstić information content (AvgIpc) is 3.08. The number of methoxy groups -OCH3 is 2. The van der Waals surface area contributed by atoms with Gasteiger partial charge in [-0.1, -0.05) is 36.9 Å². The minimum Gasteiger partial charge on any atom is -0.497 e. The summed E-state index contributed by atoms with van der Waals surface area (Å²) in [6.45, 7) is 1.84. The van der Waals surface area contributed by atoms with Crippen molar-refractivity contribution in [1.29, 1.82) is 0 Å². The van der Waals surface area contributed by atoms with Gasteiger partial charge in [-0.25, -0.2) is 4.90 Å². The summed E-state index contributed by atoms with van der Waals surface area (Å²) in [6.07, 6.45) is 5.39. The van der Waals surface area contributed by atoms with E-state index >= 15 is 0 Å². The van der Waals surface area contributed by atoms with E-state index in [1.807, 2.05) is 6.92 Å². The lowest BCUT2D eigenvalue weighted by atomic mass is 9.95. The number of amides is 3. The van der Waals surface area contributed by atoms with Crippen LogP contribution in [0.25, 0.3) is 0 Å². The van der Waals surface area contributed by atoms with Gasteiger partial charge in [-0.05, 0) is 49.6 Å². The van der Waals surface area contributed by atoms with Gasteiger partial charge in [0.25, 0.3) is 17.7 Å². The van der Waals surface area contributed by atoms with Crippen LogP contribution in [-0.4, -0.2) is 38.0 Å². The highest BCUT2D eigenvalue weighted by atomic mass is 35.5. The number of nitrogens with one attached hydrogen (secondary N) is 2. The molecular weight excluding hydrogens is 470 g/mol. The van der Waals surface area contributed by atoms with E-state index in [0.717, 1.165) is 36.1 Å². The fourth-order valence-corrected chi connectivity index (χ4v) is 4.56. The molecule has 0 bridgehead atoms. The van der Waals surface area contributed by atoms with Gasteiger partial charge in [0, 0.05) is 23.4 Å². The first kappa shape index (κ1) is 24.6. The largest absolute Gasteiger partial charge is 0.497 e. The monoisotopic (exact) mass is 497 g/mol. The Kier molecular flexibility index (Phi) is 7.31. The standard InChI is InChI=1S/C26H28ClN3O5/c1-15-9-10-16(24(31)28-17-7-5-4-6-8-17)13-19(15)29-23-22(27)25(32)30(26(23)33)20-12-11-18(34-2)14-21(20)35-3/h9-14,17,29H,4-8H2,1-3H3,(H,28,31). The molecule has 9 heteroatoms. The van der Waals surface area contributed by atoms with Crippen LogP contribution in [0.5, 0.6) is 11.5 Å². The molecule has 0 atom stereocenters. The Bertz CT molecular complexity index is 1200. The minimum atomic E-state index is -0.675. The first-order valence-corrected chi connectivity index (χ1v) is 11.9. The third kappa shape index (κ3) is 4.98.